The van der Waals surface area contributed by atoms with E-state index in [9.17, 15) is 9.00 Å². The number of amides is 1. The van der Waals surface area contributed by atoms with Gasteiger partial charge in [0.2, 0.25) is 5.91 Å². The Balaban J connectivity index is 2.04. The second-order valence-corrected chi connectivity index (χ2v) is 5.16. The minimum atomic E-state index is -0.824. The highest BCUT2D eigenvalue weighted by Crippen LogP contribution is 2.05. The molecule has 0 aromatic rings. The maximum atomic E-state index is 11.5. The lowest BCUT2D eigenvalue weighted by molar-refractivity contribution is -0.120. The van der Waals surface area contributed by atoms with E-state index in [-0.39, 0.29) is 5.91 Å². The van der Waals surface area contributed by atoms with E-state index in [0.717, 1.165) is 18.8 Å². The molecule has 1 aliphatic heterocycles. The summed E-state index contributed by atoms with van der Waals surface area (Å²) in [5.41, 5.74) is 0. The molecule has 0 spiro atoms. The fourth-order valence-corrected chi connectivity index (χ4v) is 2.65. The topological polar surface area (TPSA) is 58.2 Å². The van der Waals surface area contributed by atoms with E-state index < -0.39 is 10.8 Å². The zero-order valence-corrected chi connectivity index (χ0v) is 9.36. The highest BCUT2D eigenvalue weighted by Gasteiger charge is 2.19. The molecular weight excluding hydrogens is 200 g/mol. The average Bonchev–Trinajstić information content (AvgIpc) is 2.09. The standard InChI is InChI=1S/C9H18N2O2S/c1-2-11-9(12)3-4-14(13)7-8-5-10-6-8/h8,10H,2-7H2,1H3,(H,11,12). The van der Waals surface area contributed by atoms with E-state index in [1.54, 1.807) is 0 Å². The molecule has 0 aliphatic carbocycles. The van der Waals surface area contributed by atoms with Crippen LogP contribution in [0.1, 0.15) is 13.3 Å². The van der Waals surface area contributed by atoms with Crippen molar-refractivity contribution >= 4 is 16.7 Å². The highest BCUT2D eigenvalue weighted by molar-refractivity contribution is 7.85. The molecule has 1 unspecified atom stereocenters. The van der Waals surface area contributed by atoms with E-state index in [1.165, 1.54) is 0 Å². The summed E-state index contributed by atoms with van der Waals surface area (Å²) in [6.45, 7) is 4.49. The van der Waals surface area contributed by atoms with Crippen molar-refractivity contribution in [2.24, 2.45) is 5.92 Å². The lowest BCUT2D eigenvalue weighted by Gasteiger charge is -2.26. The van der Waals surface area contributed by atoms with Crippen molar-refractivity contribution in [3.05, 3.63) is 0 Å². The molecule has 1 aliphatic rings. The second kappa shape index (κ2) is 6.14. The van der Waals surface area contributed by atoms with Gasteiger partial charge in [0.05, 0.1) is 0 Å². The zero-order valence-electron chi connectivity index (χ0n) is 8.54. The lowest BCUT2D eigenvalue weighted by Crippen LogP contribution is -2.45. The highest BCUT2D eigenvalue weighted by atomic mass is 32.2. The molecule has 0 bridgehead atoms. The number of carbonyl (C=O) groups is 1. The van der Waals surface area contributed by atoms with E-state index in [0.29, 0.717) is 24.6 Å². The van der Waals surface area contributed by atoms with Gasteiger partial charge in [-0.2, -0.15) is 0 Å². The normalized spacial score (nSPS) is 18.6. The molecule has 1 amide bonds. The summed E-state index contributed by atoms with van der Waals surface area (Å²) < 4.78 is 11.5. The lowest BCUT2D eigenvalue weighted by atomic mass is 10.1. The SMILES string of the molecule is CCNC(=O)CCS(=O)CC1CNC1. The third-order valence-corrected chi connectivity index (χ3v) is 3.72. The van der Waals surface area contributed by atoms with Crippen LogP contribution in [0.3, 0.4) is 0 Å². The van der Waals surface area contributed by atoms with Crippen molar-refractivity contribution in [1.29, 1.82) is 0 Å². The molecule has 0 aromatic heterocycles. The Bertz CT molecular complexity index is 217. The van der Waals surface area contributed by atoms with Gasteiger partial charge in [0.1, 0.15) is 0 Å². The first-order valence-corrected chi connectivity index (χ1v) is 6.53. The van der Waals surface area contributed by atoms with Crippen LogP contribution in [0.5, 0.6) is 0 Å². The van der Waals surface area contributed by atoms with Crippen LogP contribution < -0.4 is 10.6 Å². The minimum absolute atomic E-state index is 0.00702. The van der Waals surface area contributed by atoms with Gasteiger partial charge >= 0.3 is 0 Å². The molecule has 5 heteroatoms. The minimum Gasteiger partial charge on any atom is -0.356 e. The Labute approximate surface area is 87.3 Å². The predicted octanol–water partition coefficient (Wildman–Crippen LogP) is -0.519. The quantitative estimate of drug-likeness (QED) is 0.631. The van der Waals surface area contributed by atoms with Crippen LogP contribution in [-0.2, 0) is 15.6 Å². The van der Waals surface area contributed by atoms with Crippen molar-refractivity contribution < 1.29 is 9.00 Å². The van der Waals surface area contributed by atoms with Gasteiger partial charge in [-0.1, -0.05) is 0 Å². The molecule has 1 heterocycles. The molecule has 82 valence electrons. The van der Waals surface area contributed by atoms with Gasteiger partial charge < -0.3 is 10.6 Å². The molecule has 0 saturated carbocycles. The molecule has 0 aromatic carbocycles. The molecule has 1 atom stereocenters. The van der Waals surface area contributed by atoms with Crippen LogP contribution in [0.4, 0.5) is 0 Å². The van der Waals surface area contributed by atoms with E-state index in [2.05, 4.69) is 10.6 Å². The summed E-state index contributed by atoms with van der Waals surface area (Å²) >= 11 is 0. The fourth-order valence-electron chi connectivity index (χ4n) is 1.30. The predicted molar refractivity (Wildman–Crippen MR) is 57.5 cm³/mol. The van der Waals surface area contributed by atoms with Gasteiger partial charge in [0.25, 0.3) is 0 Å². The second-order valence-electron chi connectivity index (χ2n) is 3.54. The number of nitrogens with one attached hydrogen (secondary N) is 2. The van der Waals surface area contributed by atoms with Crippen molar-refractivity contribution in [3.63, 3.8) is 0 Å². The molecule has 1 rings (SSSR count). The summed E-state index contributed by atoms with van der Waals surface area (Å²) in [5.74, 6) is 1.81. The van der Waals surface area contributed by atoms with Crippen LogP contribution in [0.2, 0.25) is 0 Å². The smallest absolute Gasteiger partial charge is 0.220 e. The Morgan fingerprint density at radius 3 is 2.79 bits per heavy atom. The molecule has 1 fully saturated rings. The third-order valence-electron chi connectivity index (χ3n) is 2.22. The van der Waals surface area contributed by atoms with Gasteiger partial charge in [0.15, 0.2) is 0 Å². The number of rotatable bonds is 6. The van der Waals surface area contributed by atoms with Gasteiger partial charge in [-0.3, -0.25) is 9.00 Å². The summed E-state index contributed by atoms with van der Waals surface area (Å²) in [5, 5.41) is 5.83. The van der Waals surface area contributed by atoms with E-state index in [1.807, 2.05) is 6.92 Å². The Morgan fingerprint density at radius 2 is 2.29 bits per heavy atom. The third kappa shape index (κ3) is 4.19. The molecule has 14 heavy (non-hydrogen) atoms. The number of hydrogen-bond acceptors (Lipinski definition) is 3. The molecule has 2 N–H and O–H groups in total. The maximum Gasteiger partial charge on any atom is 0.220 e. The first-order chi connectivity index (χ1) is 6.72. The van der Waals surface area contributed by atoms with Crippen LogP contribution in [0.15, 0.2) is 0 Å². The van der Waals surface area contributed by atoms with E-state index >= 15 is 0 Å². The van der Waals surface area contributed by atoms with Crippen LogP contribution in [0, 0.1) is 5.92 Å². The Kier molecular flexibility index (Phi) is 5.11. The van der Waals surface area contributed by atoms with Gasteiger partial charge in [-0.15, -0.1) is 0 Å². The fraction of sp³-hybridized carbons (Fsp3) is 0.889. The van der Waals surface area contributed by atoms with Crippen molar-refractivity contribution in [2.45, 2.75) is 13.3 Å². The summed E-state index contributed by atoms with van der Waals surface area (Å²) in [4.78, 5) is 11.1. The number of carbonyl (C=O) groups excluding carboxylic acids is 1. The van der Waals surface area contributed by atoms with Gasteiger partial charge in [0, 0.05) is 48.4 Å². The summed E-state index contributed by atoms with van der Waals surface area (Å²) in [6, 6.07) is 0. The average molecular weight is 218 g/mol. The monoisotopic (exact) mass is 218 g/mol. The van der Waals surface area contributed by atoms with Crippen molar-refractivity contribution in [2.75, 3.05) is 31.1 Å². The zero-order chi connectivity index (χ0) is 10.4. The summed E-state index contributed by atoms with van der Waals surface area (Å²) in [7, 11) is -0.824. The molecular formula is C9H18N2O2S. The van der Waals surface area contributed by atoms with Gasteiger partial charge in [-0.25, -0.2) is 0 Å². The van der Waals surface area contributed by atoms with Crippen LogP contribution in [0.25, 0.3) is 0 Å². The van der Waals surface area contributed by atoms with Crippen molar-refractivity contribution in [3.8, 4) is 0 Å². The molecule has 4 nitrogen and oxygen atoms in total. The maximum absolute atomic E-state index is 11.5. The molecule has 0 radical (unpaired) electrons. The largest absolute Gasteiger partial charge is 0.356 e. The molecule has 1 saturated heterocycles. The number of hydrogen-bond donors (Lipinski definition) is 2. The first-order valence-electron chi connectivity index (χ1n) is 5.04. The summed E-state index contributed by atoms with van der Waals surface area (Å²) in [6.07, 6.45) is 0.389. The van der Waals surface area contributed by atoms with Crippen molar-refractivity contribution in [1.82, 2.24) is 10.6 Å². The first kappa shape index (κ1) is 11.7. The Hall–Kier alpha value is -0.420. The Morgan fingerprint density at radius 1 is 1.57 bits per heavy atom. The van der Waals surface area contributed by atoms with Gasteiger partial charge in [-0.05, 0) is 12.8 Å². The van der Waals surface area contributed by atoms with Crippen LogP contribution >= 0.6 is 0 Å². The van der Waals surface area contributed by atoms with Crippen LogP contribution in [-0.4, -0.2) is 41.3 Å². The van der Waals surface area contributed by atoms with E-state index in [4.69, 9.17) is 0 Å².